The van der Waals surface area contributed by atoms with Gasteiger partial charge in [-0.15, -0.1) is 11.3 Å². The van der Waals surface area contributed by atoms with E-state index in [1.807, 2.05) is 17.4 Å². The van der Waals surface area contributed by atoms with Gasteiger partial charge in [-0.2, -0.15) is 0 Å². The average Bonchev–Trinajstić information content (AvgIpc) is 3.72. The molecule has 0 fully saturated rings. The number of rotatable bonds is 6. The number of amidine groups is 2. The summed E-state index contributed by atoms with van der Waals surface area (Å²) in [6.07, 6.45) is -0.272. The summed E-state index contributed by atoms with van der Waals surface area (Å²) >= 11 is 1.84. The van der Waals surface area contributed by atoms with Gasteiger partial charge in [0.1, 0.15) is 12.0 Å². The van der Waals surface area contributed by atoms with Crippen molar-refractivity contribution in [3.8, 4) is 33.4 Å². The highest BCUT2D eigenvalue weighted by atomic mass is 32.1. The van der Waals surface area contributed by atoms with E-state index in [9.17, 15) is 0 Å². The van der Waals surface area contributed by atoms with Crippen molar-refractivity contribution in [2.75, 3.05) is 0 Å². The number of aliphatic imine (C=N–C) groups is 2. The van der Waals surface area contributed by atoms with Crippen LogP contribution in [0.4, 0.5) is 0 Å². The molecule has 0 saturated heterocycles. The summed E-state index contributed by atoms with van der Waals surface area (Å²) in [5.41, 5.74) is 10.3. The predicted molar refractivity (Wildman–Crippen MR) is 260 cm³/mol. The normalized spacial score (nSPS) is 14.1. The molecule has 11 aromatic rings. The molecule has 0 bridgehead atoms. The van der Waals surface area contributed by atoms with Crippen LogP contribution in [0.1, 0.15) is 22.9 Å². The topological polar surface area (TPSA) is 36.8 Å². The molecule has 1 atom stereocenters. The molecule has 1 unspecified atom stereocenters. The monoisotopic (exact) mass is 795 g/mol. The molecule has 0 saturated carbocycles. The number of benzene rings is 10. The largest absolute Gasteiger partial charge is 0.344 e. The first kappa shape index (κ1) is 35.3. The first-order valence-electron chi connectivity index (χ1n) is 20.7. The van der Waals surface area contributed by atoms with E-state index in [1.165, 1.54) is 80.3 Å². The second kappa shape index (κ2) is 14.6. The smallest absolute Gasteiger partial charge is 0.159 e. The minimum atomic E-state index is -0.272. The van der Waals surface area contributed by atoms with Gasteiger partial charge < -0.3 is 5.32 Å². The zero-order valence-electron chi connectivity index (χ0n) is 33.1. The summed E-state index contributed by atoms with van der Waals surface area (Å²) in [7, 11) is 0. The van der Waals surface area contributed by atoms with Crippen LogP contribution in [0.3, 0.4) is 0 Å². The van der Waals surface area contributed by atoms with Gasteiger partial charge in [0.25, 0.3) is 0 Å². The van der Waals surface area contributed by atoms with Crippen LogP contribution in [0.2, 0.25) is 0 Å². The molecular weight excluding hydrogens is 759 g/mol. The molecule has 0 amide bonds. The van der Waals surface area contributed by atoms with E-state index in [0.717, 1.165) is 28.1 Å². The summed E-state index contributed by atoms with van der Waals surface area (Å²) in [5, 5.41) is 14.0. The van der Waals surface area contributed by atoms with Gasteiger partial charge in [-0.05, 0) is 89.5 Å². The Kier molecular flexibility index (Phi) is 8.43. The lowest BCUT2D eigenvalue weighted by Crippen LogP contribution is -2.33. The molecule has 1 aliphatic heterocycles. The zero-order valence-corrected chi connectivity index (χ0v) is 33.9. The third-order valence-electron chi connectivity index (χ3n) is 12.2. The Hall–Kier alpha value is -7.66. The minimum Gasteiger partial charge on any atom is -0.344 e. The Morgan fingerprint density at radius 3 is 1.33 bits per heavy atom. The zero-order chi connectivity index (χ0) is 40.3. The summed E-state index contributed by atoms with van der Waals surface area (Å²) in [6, 6.07) is 76.5. The third-order valence-corrected chi connectivity index (χ3v) is 13.3. The van der Waals surface area contributed by atoms with Crippen LogP contribution < -0.4 is 5.32 Å². The van der Waals surface area contributed by atoms with E-state index in [1.54, 1.807) is 0 Å². The maximum Gasteiger partial charge on any atom is 0.159 e. The Morgan fingerprint density at radius 2 is 0.738 bits per heavy atom. The van der Waals surface area contributed by atoms with Crippen molar-refractivity contribution >= 4 is 75.5 Å². The van der Waals surface area contributed by atoms with Gasteiger partial charge in [0.05, 0.1) is 0 Å². The van der Waals surface area contributed by atoms with Crippen molar-refractivity contribution in [2.45, 2.75) is 6.17 Å². The summed E-state index contributed by atoms with van der Waals surface area (Å²) < 4.78 is 2.50. The summed E-state index contributed by atoms with van der Waals surface area (Å²) in [4.78, 5) is 10.3. The number of hydrogen-bond donors (Lipinski definition) is 1. The number of fused-ring (bicyclic) bond motifs is 9. The fourth-order valence-electron chi connectivity index (χ4n) is 9.02. The van der Waals surface area contributed by atoms with Crippen molar-refractivity contribution < 1.29 is 0 Å². The molecule has 0 radical (unpaired) electrons. The standard InChI is InChI=1S/C57H37N3S/c1-3-11-36(12-4-1)37-19-21-38(22-20-37)39-23-25-41(26-24-39)56-58-55(40-13-5-2-6-14-40)59-57(60-56)44-29-32-51-50-31-28-43(34-53(50)61-54(51)35-44)42-27-30-49-47-17-8-7-15-45(47)46-16-9-10-18-48(46)52(49)33-42/h1-35,55H,(H,58,59,60). The molecule has 2 heterocycles. The molecule has 12 rings (SSSR count). The molecule has 1 N–H and O–H groups in total. The molecule has 1 aromatic heterocycles. The van der Waals surface area contributed by atoms with Crippen LogP contribution in [-0.4, -0.2) is 11.7 Å². The molecule has 3 nitrogen and oxygen atoms in total. The van der Waals surface area contributed by atoms with Crippen LogP contribution in [0.15, 0.2) is 222 Å². The number of hydrogen-bond acceptors (Lipinski definition) is 4. The first-order valence-corrected chi connectivity index (χ1v) is 21.6. The van der Waals surface area contributed by atoms with Gasteiger partial charge in [0.2, 0.25) is 0 Å². The van der Waals surface area contributed by atoms with Crippen molar-refractivity contribution in [3.63, 3.8) is 0 Å². The highest BCUT2D eigenvalue weighted by molar-refractivity contribution is 7.25. The number of nitrogens with one attached hydrogen (secondary N) is 1. The van der Waals surface area contributed by atoms with E-state index in [0.29, 0.717) is 5.84 Å². The van der Waals surface area contributed by atoms with Crippen LogP contribution in [0, 0.1) is 0 Å². The van der Waals surface area contributed by atoms with Crippen molar-refractivity contribution in [1.82, 2.24) is 5.32 Å². The van der Waals surface area contributed by atoms with Crippen molar-refractivity contribution in [2.24, 2.45) is 9.98 Å². The number of nitrogens with zero attached hydrogens (tertiary/aromatic N) is 2. The Bertz CT molecular complexity index is 3500. The maximum absolute atomic E-state index is 5.19. The van der Waals surface area contributed by atoms with E-state index < -0.39 is 0 Å². The number of thiophene rings is 1. The van der Waals surface area contributed by atoms with Gasteiger partial charge in [-0.3, -0.25) is 0 Å². The summed E-state index contributed by atoms with van der Waals surface area (Å²) in [6.45, 7) is 0. The third kappa shape index (κ3) is 6.28. The SMILES string of the molecule is c1ccc(-c2ccc(-c3ccc(C4=NC(c5ccccc5)NC(c5ccc6c(c5)sc5cc(-c7ccc8c9ccccc9c9ccccc9c8c7)ccc56)=N4)cc3)cc2)cc1. The van der Waals surface area contributed by atoms with Crippen LogP contribution >= 0.6 is 11.3 Å². The molecule has 1 aliphatic rings. The molecular formula is C57H37N3S. The Morgan fingerprint density at radius 1 is 0.328 bits per heavy atom. The fraction of sp³-hybridized carbons (Fsp3) is 0.0175. The molecule has 0 spiro atoms. The Balaban J connectivity index is 0.885. The Labute approximate surface area is 357 Å². The second-order valence-electron chi connectivity index (χ2n) is 15.8. The lowest BCUT2D eigenvalue weighted by Gasteiger charge is -2.23. The van der Waals surface area contributed by atoms with Gasteiger partial charge in [-0.1, -0.05) is 194 Å². The first-order chi connectivity index (χ1) is 30.2. The van der Waals surface area contributed by atoms with Crippen LogP contribution in [-0.2, 0) is 0 Å². The molecule has 61 heavy (non-hydrogen) atoms. The molecule has 286 valence electrons. The highest BCUT2D eigenvalue weighted by Crippen LogP contribution is 2.40. The lowest BCUT2D eigenvalue weighted by atomic mass is 9.92. The van der Waals surface area contributed by atoms with Gasteiger partial charge >= 0.3 is 0 Å². The average molecular weight is 796 g/mol. The lowest BCUT2D eigenvalue weighted by molar-refractivity contribution is 0.674. The maximum atomic E-state index is 5.19. The van der Waals surface area contributed by atoms with Crippen molar-refractivity contribution in [1.29, 1.82) is 0 Å². The molecule has 0 aliphatic carbocycles. The summed E-state index contributed by atoms with van der Waals surface area (Å²) in [5.74, 6) is 1.53. The van der Waals surface area contributed by atoms with Gasteiger partial charge in [0, 0.05) is 31.3 Å². The second-order valence-corrected chi connectivity index (χ2v) is 16.9. The molecule has 4 heteroatoms. The van der Waals surface area contributed by atoms with E-state index in [4.69, 9.17) is 9.98 Å². The van der Waals surface area contributed by atoms with E-state index in [2.05, 4.69) is 212 Å². The van der Waals surface area contributed by atoms with Crippen LogP contribution in [0.5, 0.6) is 0 Å². The fourth-order valence-corrected chi connectivity index (χ4v) is 10.2. The predicted octanol–water partition coefficient (Wildman–Crippen LogP) is 15.0. The van der Waals surface area contributed by atoms with E-state index in [-0.39, 0.29) is 6.17 Å². The quantitative estimate of drug-likeness (QED) is 0.167. The van der Waals surface area contributed by atoms with Gasteiger partial charge in [0.15, 0.2) is 5.84 Å². The minimum absolute atomic E-state index is 0.272. The van der Waals surface area contributed by atoms with Crippen molar-refractivity contribution in [3.05, 3.63) is 229 Å². The van der Waals surface area contributed by atoms with Gasteiger partial charge in [-0.25, -0.2) is 9.98 Å². The van der Waals surface area contributed by atoms with E-state index >= 15 is 0 Å². The highest BCUT2D eigenvalue weighted by Gasteiger charge is 2.22. The van der Waals surface area contributed by atoms with Crippen LogP contribution in [0.25, 0.3) is 85.9 Å². The molecule has 10 aromatic carbocycles.